The molecule has 0 radical (unpaired) electrons. The van der Waals surface area contributed by atoms with Crippen LogP contribution in [0.1, 0.15) is 49.1 Å². The van der Waals surface area contributed by atoms with E-state index in [2.05, 4.69) is 5.32 Å². The molecule has 2 aromatic rings. The molecule has 1 saturated carbocycles. The van der Waals surface area contributed by atoms with E-state index in [0.29, 0.717) is 23.7 Å². The van der Waals surface area contributed by atoms with E-state index < -0.39 is 24.2 Å². The summed E-state index contributed by atoms with van der Waals surface area (Å²) in [4.78, 5) is 28.5. The number of hydrogen-bond donors (Lipinski definition) is 3. The first kappa shape index (κ1) is 23.6. The van der Waals surface area contributed by atoms with Crippen molar-refractivity contribution in [3.8, 4) is 5.75 Å². The second-order valence-corrected chi connectivity index (χ2v) is 9.69. The van der Waals surface area contributed by atoms with Gasteiger partial charge in [-0.2, -0.15) is 0 Å². The topological polar surface area (TPSA) is 112 Å². The molecule has 5 rings (SSSR count). The van der Waals surface area contributed by atoms with Crippen molar-refractivity contribution in [2.45, 2.75) is 62.8 Å². The van der Waals surface area contributed by atoms with Gasteiger partial charge in [0, 0.05) is 36.2 Å². The molecule has 0 saturated heterocycles. The van der Waals surface area contributed by atoms with Gasteiger partial charge in [0.1, 0.15) is 18.0 Å². The number of fused-ring (bicyclic) bond motifs is 3. The summed E-state index contributed by atoms with van der Waals surface area (Å²) in [6, 6.07) is 8.51. The fourth-order valence-corrected chi connectivity index (χ4v) is 5.71. The number of para-hydroxylation sites is 1. The van der Waals surface area contributed by atoms with Gasteiger partial charge in [0.15, 0.2) is 0 Å². The summed E-state index contributed by atoms with van der Waals surface area (Å²) in [5.74, 6) is 0.116. The normalized spacial score (nSPS) is 25.4. The van der Waals surface area contributed by atoms with Crippen LogP contribution in [0.4, 0.5) is 0 Å². The molecule has 1 fully saturated rings. The first-order valence-electron chi connectivity index (χ1n) is 12.4. The summed E-state index contributed by atoms with van der Waals surface area (Å²) in [7, 11) is 0. The number of rotatable bonds is 8. The lowest BCUT2D eigenvalue weighted by molar-refractivity contribution is -0.139. The molecule has 3 aliphatic rings. The van der Waals surface area contributed by atoms with Crippen LogP contribution < -0.4 is 10.1 Å². The molecule has 2 heterocycles. The second kappa shape index (κ2) is 10.3. The van der Waals surface area contributed by atoms with Gasteiger partial charge < -0.3 is 29.6 Å². The maximum Gasteiger partial charge on any atom is 0.247 e. The highest BCUT2D eigenvalue weighted by Crippen LogP contribution is 2.47. The van der Waals surface area contributed by atoms with Crippen molar-refractivity contribution in [2.24, 2.45) is 5.92 Å². The van der Waals surface area contributed by atoms with E-state index in [1.165, 1.54) is 0 Å². The molecule has 0 spiro atoms. The fraction of sp³-hybridized carbons (Fsp3) is 0.481. The number of furan rings is 1. The van der Waals surface area contributed by atoms with Gasteiger partial charge in [0.25, 0.3) is 0 Å². The van der Waals surface area contributed by atoms with Crippen molar-refractivity contribution in [1.82, 2.24) is 10.2 Å². The van der Waals surface area contributed by atoms with Gasteiger partial charge in [-0.1, -0.05) is 31.0 Å². The minimum atomic E-state index is -1.03. The Morgan fingerprint density at radius 3 is 2.69 bits per heavy atom. The van der Waals surface area contributed by atoms with Gasteiger partial charge in [-0.15, -0.1) is 0 Å². The Balaban J connectivity index is 1.51. The fourth-order valence-electron chi connectivity index (χ4n) is 5.71. The highest BCUT2D eigenvalue weighted by Gasteiger charge is 2.50. The minimum Gasteiger partial charge on any atom is -0.486 e. The van der Waals surface area contributed by atoms with Crippen LogP contribution in [0.2, 0.25) is 0 Å². The van der Waals surface area contributed by atoms with Crippen LogP contribution in [0.5, 0.6) is 5.75 Å². The highest BCUT2D eigenvalue weighted by atomic mass is 16.5. The Morgan fingerprint density at radius 2 is 1.94 bits per heavy atom. The molecule has 186 valence electrons. The summed E-state index contributed by atoms with van der Waals surface area (Å²) < 4.78 is 11.4. The second-order valence-electron chi connectivity index (χ2n) is 9.69. The van der Waals surface area contributed by atoms with Gasteiger partial charge in [-0.3, -0.25) is 9.59 Å². The van der Waals surface area contributed by atoms with Crippen LogP contribution in [-0.4, -0.2) is 58.3 Å². The van der Waals surface area contributed by atoms with Gasteiger partial charge in [0.2, 0.25) is 11.8 Å². The van der Waals surface area contributed by atoms with Crippen molar-refractivity contribution in [1.29, 1.82) is 0 Å². The lowest BCUT2D eigenvalue weighted by atomic mass is 9.77. The average Bonchev–Trinajstić information content (AvgIpc) is 3.63. The number of amides is 2. The number of benzene rings is 1. The zero-order valence-corrected chi connectivity index (χ0v) is 19.6. The Hall–Kier alpha value is -3.10. The number of nitrogens with zero attached hydrogens (tertiary/aromatic N) is 1. The van der Waals surface area contributed by atoms with Gasteiger partial charge >= 0.3 is 0 Å². The van der Waals surface area contributed by atoms with Crippen molar-refractivity contribution in [2.75, 3.05) is 13.2 Å². The highest BCUT2D eigenvalue weighted by molar-refractivity contribution is 5.96. The van der Waals surface area contributed by atoms with E-state index in [1.54, 1.807) is 29.6 Å². The quantitative estimate of drug-likeness (QED) is 0.535. The van der Waals surface area contributed by atoms with E-state index >= 15 is 0 Å². The Morgan fingerprint density at radius 1 is 1.14 bits per heavy atom. The Bertz CT molecular complexity index is 1080. The minimum absolute atomic E-state index is 0.0533. The molecular formula is C27H32N2O6. The first-order valence-corrected chi connectivity index (χ1v) is 12.4. The van der Waals surface area contributed by atoms with E-state index in [1.807, 2.05) is 24.3 Å². The molecule has 1 aromatic carbocycles. The molecule has 8 heteroatoms. The average molecular weight is 481 g/mol. The summed E-state index contributed by atoms with van der Waals surface area (Å²) >= 11 is 0. The van der Waals surface area contributed by atoms with E-state index in [4.69, 9.17) is 9.15 Å². The summed E-state index contributed by atoms with van der Waals surface area (Å²) in [6.07, 6.45) is 7.89. The third-order valence-electron chi connectivity index (χ3n) is 7.43. The zero-order chi connectivity index (χ0) is 24.4. The number of aliphatic hydroxyl groups excluding tert-OH is 2. The van der Waals surface area contributed by atoms with E-state index in [0.717, 1.165) is 36.8 Å². The first-order chi connectivity index (χ1) is 17.1. The lowest BCUT2D eigenvalue weighted by Crippen LogP contribution is -2.55. The Kier molecular flexibility index (Phi) is 6.92. The number of nitrogens with one attached hydrogen (secondary N) is 1. The molecule has 35 heavy (non-hydrogen) atoms. The Labute approximate surface area is 204 Å². The molecule has 3 N–H and O–H groups in total. The largest absolute Gasteiger partial charge is 0.486 e. The molecule has 8 nitrogen and oxygen atoms in total. The maximum atomic E-state index is 13.6. The van der Waals surface area contributed by atoms with Crippen molar-refractivity contribution < 1.29 is 29.0 Å². The van der Waals surface area contributed by atoms with Gasteiger partial charge in [0.05, 0.1) is 31.1 Å². The smallest absolute Gasteiger partial charge is 0.247 e. The molecule has 2 aliphatic carbocycles. The van der Waals surface area contributed by atoms with Crippen LogP contribution in [0.15, 0.2) is 58.9 Å². The van der Waals surface area contributed by atoms with Crippen molar-refractivity contribution in [3.05, 3.63) is 65.6 Å². The van der Waals surface area contributed by atoms with Crippen LogP contribution in [0.25, 0.3) is 0 Å². The van der Waals surface area contributed by atoms with Gasteiger partial charge in [-0.25, -0.2) is 0 Å². The molecular weight excluding hydrogens is 448 g/mol. The third-order valence-corrected chi connectivity index (χ3v) is 7.43. The monoisotopic (exact) mass is 480 g/mol. The number of ether oxygens (including phenoxy) is 1. The van der Waals surface area contributed by atoms with Crippen LogP contribution in [0.3, 0.4) is 0 Å². The van der Waals surface area contributed by atoms with E-state index in [-0.39, 0.29) is 31.5 Å². The molecule has 0 bridgehead atoms. The van der Waals surface area contributed by atoms with Gasteiger partial charge in [-0.05, 0) is 37.0 Å². The van der Waals surface area contributed by atoms with Crippen molar-refractivity contribution in [3.63, 3.8) is 0 Å². The van der Waals surface area contributed by atoms with E-state index in [9.17, 15) is 19.8 Å². The predicted octanol–water partition coefficient (Wildman–Crippen LogP) is 2.51. The number of carbonyl (C=O) groups is 2. The molecule has 1 aromatic heterocycles. The molecule has 1 aliphatic heterocycles. The SMILES string of the molecule is O=C(NCCO)C1=CC(N(Cc2ccoc2)C(=O)CC2CCCC2)C(O)C2Oc3ccccc3C12. The molecule has 4 atom stereocenters. The molecule has 2 amide bonds. The standard InChI is InChI=1S/C27H32N2O6/c30-11-10-28-27(33)20-14-21(25(32)26-24(20)19-7-3-4-8-22(19)35-26)29(15-18-9-12-34-16-18)23(31)13-17-5-1-2-6-17/h3-4,7-9,12,14,16-17,21,24-26,30,32H,1-2,5-6,10-11,13,15H2,(H,28,33). The van der Waals surface area contributed by atoms with Crippen LogP contribution in [-0.2, 0) is 16.1 Å². The number of carbonyl (C=O) groups excluding carboxylic acids is 2. The van der Waals surface area contributed by atoms with Crippen molar-refractivity contribution >= 4 is 11.8 Å². The summed E-state index contributed by atoms with van der Waals surface area (Å²) in [5.41, 5.74) is 2.09. The summed E-state index contributed by atoms with van der Waals surface area (Å²) in [5, 5.41) is 23.5. The molecule has 4 unspecified atom stereocenters. The predicted molar refractivity (Wildman–Crippen MR) is 127 cm³/mol. The number of hydrogen-bond acceptors (Lipinski definition) is 6. The number of aliphatic hydroxyl groups is 2. The zero-order valence-electron chi connectivity index (χ0n) is 19.6. The lowest BCUT2D eigenvalue weighted by Gasteiger charge is -2.41. The van der Waals surface area contributed by atoms with Crippen LogP contribution in [0, 0.1) is 5.92 Å². The van der Waals surface area contributed by atoms with Crippen LogP contribution >= 0.6 is 0 Å². The maximum absolute atomic E-state index is 13.6. The summed E-state index contributed by atoms with van der Waals surface area (Å²) in [6.45, 7) is 0.192. The third kappa shape index (κ3) is 4.73.